The van der Waals surface area contributed by atoms with Crippen molar-refractivity contribution in [3.8, 4) is 0 Å². The van der Waals surface area contributed by atoms with Crippen molar-refractivity contribution >= 4 is 5.82 Å². The van der Waals surface area contributed by atoms with Crippen LogP contribution in [0.5, 0.6) is 0 Å². The molecule has 2 fully saturated rings. The number of fused-ring (bicyclic) bond motifs is 2. The Kier molecular flexibility index (Phi) is 3.46. The van der Waals surface area contributed by atoms with Crippen LogP contribution in [0.2, 0.25) is 0 Å². The molecule has 4 heteroatoms. The highest BCUT2D eigenvalue weighted by Gasteiger charge is 2.40. The third-order valence-electron chi connectivity index (χ3n) is 4.97. The SMILES string of the molecule is CN1C2CCC1CC(C(O)Cc1ccnc(N)c1)C2. The highest BCUT2D eigenvalue weighted by Crippen LogP contribution is 2.39. The number of hydrogen-bond donors (Lipinski definition) is 2. The first-order valence-corrected chi connectivity index (χ1v) is 7.24. The quantitative estimate of drug-likeness (QED) is 0.864. The van der Waals surface area contributed by atoms with Crippen molar-refractivity contribution in [3.63, 3.8) is 0 Å². The molecule has 3 atom stereocenters. The molecule has 2 saturated heterocycles. The van der Waals surface area contributed by atoms with E-state index < -0.39 is 0 Å². The number of aromatic nitrogens is 1. The van der Waals surface area contributed by atoms with Crippen molar-refractivity contribution in [2.45, 2.75) is 50.3 Å². The van der Waals surface area contributed by atoms with Crippen LogP contribution in [0.4, 0.5) is 5.82 Å². The second-order valence-electron chi connectivity index (χ2n) is 6.14. The third-order valence-corrected chi connectivity index (χ3v) is 4.97. The smallest absolute Gasteiger partial charge is 0.123 e. The van der Waals surface area contributed by atoms with Gasteiger partial charge in [-0.1, -0.05) is 0 Å². The van der Waals surface area contributed by atoms with Crippen LogP contribution >= 0.6 is 0 Å². The summed E-state index contributed by atoms with van der Waals surface area (Å²) in [5, 5.41) is 10.5. The van der Waals surface area contributed by atoms with Gasteiger partial charge in [0.15, 0.2) is 0 Å². The molecule has 1 aromatic rings. The van der Waals surface area contributed by atoms with Crippen LogP contribution in [0.15, 0.2) is 18.3 Å². The molecule has 0 saturated carbocycles. The van der Waals surface area contributed by atoms with Gasteiger partial charge in [-0.05, 0) is 62.8 Å². The summed E-state index contributed by atoms with van der Waals surface area (Å²) < 4.78 is 0. The number of rotatable bonds is 3. The number of nitrogens with zero attached hydrogens (tertiary/aromatic N) is 2. The summed E-state index contributed by atoms with van der Waals surface area (Å²) in [4.78, 5) is 6.50. The van der Waals surface area contributed by atoms with Crippen LogP contribution in [0.3, 0.4) is 0 Å². The zero-order valence-corrected chi connectivity index (χ0v) is 11.5. The topological polar surface area (TPSA) is 62.4 Å². The maximum Gasteiger partial charge on any atom is 0.123 e. The Morgan fingerprint density at radius 1 is 1.42 bits per heavy atom. The van der Waals surface area contributed by atoms with Crippen LogP contribution in [-0.2, 0) is 6.42 Å². The minimum Gasteiger partial charge on any atom is -0.392 e. The Bertz CT molecular complexity index is 437. The highest BCUT2D eigenvalue weighted by molar-refractivity contribution is 5.32. The average Bonchev–Trinajstić information content (AvgIpc) is 2.62. The monoisotopic (exact) mass is 261 g/mol. The second-order valence-corrected chi connectivity index (χ2v) is 6.14. The maximum absolute atomic E-state index is 10.5. The number of aliphatic hydroxyl groups excluding tert-OH is 1. The lowest BCUT2D eigenvalue weighted by Gasteiger charge is -2.38. The number of pyridine rings is 1. The third kappa shape index (κ3) is 2.60. The van der Waals surface area contributed by atoms with Gasteiger partial charge in [0.1, 0.15) is 5.82 Å². The number of nitrogen functional groups attached to an aromatic ring is 1. The summed E-state index contributed by atoms with van der Waals surface area (Å²) in [6, 6.07) is 5.18. The van der Waals surface area contributed by atoms with Crippen molar-refractivity contribution in [3.05, 3.63) is 23.9 Å². The number of aliphatic hydroxyl groups is 1. The molecule has 0 aliphatic carbocycles. The van der Waals surface area contributed by atoms with Gasteiger partial charge in [-0.3, -0.25) is 0 Å². The summed E-state index contributed by atoms with van der Waals surface area (Å²) in [6.07, 6.45) is 7.03. The van der Waals surface area contributed by atoms with E-state index in [9.17, 15) is 5.11 Å². The van der Waals surface area contributed by atoms with E-state index in [0.29, 0.717) is 30.2 Å². The van der Waals surface area contributed by atoms with Gasteiger partial charge < -0.3 is 15.7 Å². The first kappa shape index (κ1) is 12.9. The van der Waals surface area contributed by atoms with Crippen LogP contribution in [-0.4, -0.2) is 40.2 Å². The minimum atomic E-state index is -0.251. The fourth-order valence-electron chi connectivity index (χ4n) is 3.80. The van der Waals surface area contributed by atoms with Gasteiger partial charge in [-0.2, -0.15) is 0 Å². The van der Waals surface area contributed by atoms with Gasteiger partial charge in [0.05, 0.1) is 6.10 Å². The van der Waals surface area contributed by atoms with Gasteiger partial charge in [-0.25, -0.2) is 4.98 Å². The van der Waals surface area contributed by atoms with E-state index in [0.717, 1.165) is 18.4 Å². The van der Waals surface area contributed by atoms with Crippen molar-refractivity contribution in [2.24, 2.45) is 5.92 Å². The van der Waals surface area contributed by atoms with Gasteiger partial charge in [0, 0.05) is 18.3 Å². The molecule has 4 nitrogen and oxygen atoms in total. The summed E-state index contributed by atoms with van der Waals surface area (Å²) in [7, 11) is 2.23. The molecule has 0 amide bonds. The number of hydrogen-bond acceptors (Lipinski definition) is 4. The van der Waals surface area contributed by atoms with Gasteiger partial charge >= 0.3 is 0 Å². The lowest BCUT2D eigenvalue weighted by atomic mass is 9.84. The van der Waals surface area contributed by atoms with E-state index in [1.165, 1.54) is 12.8 Å². The summed E-state index contributed by atoms with van der Waals surface area (Å²) in [5.74, 6) is 0.969. The molecule has 3 unspecified atom stereocenters. The van der Waals surface area contributed by atoms with E-state index in [1.807, 2.05) is 12.1 Å². The van der Waals surface area contributed by atoms with Crippen molar-refractivity contribution < 1.29 is 5.11 Å². The number of anilines is 1. The van der Waals surface area contributed by atoms with E-state index >= 15 is 0 Å². The van der Waals surface area contributed by atoms with Crippen molar-refractivity contribution in [2.75, 3.05) is 12.8 Å². The number of nitrogens with two attached hydrogens (primary N) is 1. The average molecular weight is 261 g/mol. The largest absolute Gasteiger partial charge is 0.392 e. The first-order chi connectivity index (χ1) is 9.13. The molecule has 19 heavy (non-hydrogen) atoms. The maximum atomic E-state index is 10.5. The molecule has 0 spiro atoms. The molecular weight excluding hydrogens is 238 g/mol. The molecule has 3 N–H and O–H groups in total. The zero-order chi connectivity index (χ0) is 13.4. The molecule has 2 aliphatic rings. The predicted octanol–water partition coefficient (Wildman–Crippen LogP) is 1.44. The standard InChI is InChI=1S/C15H23N3O/c1-18-12-2-3-13(18)9-11(8-12)14(19)6-10-4-5-17-15(16)7-10/h4-5,7,11-14,19H,2-3,6,8-9H2,1H3,(H2,16,17). The van der Waals surface area contributed by atoms with Crippen LogP contribution in [0.25, 0.3) is 0 Å². The van der Waals surface area contributed by atoms with Crippen LogP contribution in [0.1, 0.15) is 31.2 Å². The fraction of sp³-hybridized carbons (Fsp3) is 0.667. The fourth-order valence-corrected chi connectivity index (χ4v) is 3.80. The summed E-state index contributed by atoms with van der Waals surface area (Å²) in [5.41, 5.74) is 6.77. The highest BCUT2D eigenvalue weighted by atomic mass is 16.3. The van der Waals surface area contributed by atoms with Crippen LogP contribution in [0, 0.1) is 5.92 Å². The lowest BCUT2D eigenvalue weighted by molar-refractivity contribution is 0.0368. The molecular formula is C15H23N3O. The second kappa shape index (κ2) is 5.10. The Balaban J connectivity index is 1.64. The zero-order valence-electron chi connectivity index (χ0n) is 11.5. The van der Waals surface area contributed by atoms with E-state index in [-0.39, 0.29) is 6.10 Å². The Hall–Kier alpha value is -1.13. The van der Waals surface area contributed by atoms with Crippen LogP contribution < -0.4 is 5.73 Å². The summed E-state index contributed by atoms with van der Waals surface area (Å²) >= 11 is 0. The van der Waals surface area contributed by atoms with Gasteiger partial charge in [-0.15, -0.1) is 0 Å². The van der Waals surface area contributed by atoms with Crippen molar-refractivity contribution in [1.82, 2.24) is 9.88 Å². The van der Waals surface area contributed by atoms with E-state index in [2.05, 4.69) is 16.9 Å². The molecule has 2 bridgehead atoms. The predicted molar refractivity (Wildman–Crippen MR) is 75.7 cm³/mol. The van der Waals surface area contributed by atoms with Gasteiger partial charge in [0.25, 0.3) is 0 Å². The Labute approximate surface area is 114 Å². The minimum absolute atomic E-state index is 0.251. The van der Waals surface area contributed by atoms with E-state index in [4.69, 9.17) is 5.73 Å². The lowest BCUT2D eigenvalue weighted by Crippen LogP contribution is -2.43. The Morgan fingerprint density at radius 2 is 2.11 bits per heavy atom. The Morgan fingerprint density at radius 3 is 2.74 bits per heavy atom. The summed E-state index contributed by atoms with van der Waals surface area (Å²) in [6.45, 7) is 0. The molecule has 3 heterocycles. The van der Waals surface area contributed by atoms with Crippen molar-refractivity contribution in [1.29, 1.82) is 0 Å². The molecule has 104 valence electrons. The molecule has 0 radical (unpaired) electrons. The normalized spacial score (nSPS) is 32.4. The van der Waals surface area contributed by atoms with Gasteiger partial charge in [0.2, 0.25) is 0 Å². The molecule has 3 rings (SSSR count). The molecule has 0 aromatic carbocycles. The van der Waals surface area contributed by atoms with E-state index in [1.54, 1.807) is 6.20 Å². The molecule has 2 aliphatic heterocycles. The number of piperidine rings is 1. The molecule has 1 aromatic heterocycles. The first-order valence-electron chi connectivity index (χ1n) is 7.24.